The smallest absolute Gasteiger partial charge is 0.270 e. The lowest BCUT2D eigenvalue weighted by atomic mass is 10.2. The topological polar surface area (TPSA) is 83.6 Å². The molecule has 4 heterocycles. The Labute approximate surface area is 222 Å². The van der Waals surface area contributed by atoms with E-state index in [1.165, 1.54) is 28.6 Å². The number of likely N-dealkylation sites (N-methyl/N-ethyl adjacent to an activating group) is 1. The molecule has 1 aliphatic rings. The number of piperazine rings is 1. The summed E-state index contributed by atoms with van der Waals surface area (Å²) in [5, 5.41) is 3.60. The molecule has 7 rings (SSSR count). The Morgan fingerprint density at radius 2 is 1.56 bits per heavy atom. The normalized spacial score (nSPS) is 14.5. The highest BCUT2D eigenvalue weighted by atomic mass is 19.1. The number of imidazole rings is 1. The molecule has 0 amide bonds. The van der Waals surface area contributed by atoms with Crippen molar-refractivity contribution in [2.24, 2.45) is 0 Å². The molecule has 39 heavy (non-hydrogen) atoms. The second-order valence-corrected chi connectivity index (χ2v) is 9.75. The van der Waals surface area contributed by atoms with E-state index in [1.807, 2.05) is 40.8 Å². The lowest BCUT2D eigenvalue weighted by Gasteiger charge is -2.34. The molecule has 0 atom stereocenters. The van der Waals surface area contributed by atoms with Gasteiger partial charge in [0.25, 0.3) is 5.56 Å². The van der Waals surface area contributed by atoms with Crippen molar-refractivity contribution in [2.45, 2.75) is 0 Å². The summed E-state index contributed by atoms with van der Waals surface area (Å²) >= 11 is 0. The minimum Gasteiger partial charge on any atom is -0.369 e. The summed E-state index contributed by atoms with van der Waals surface area (Å²) in [5.74, 6) is 0.377. The van der Waals surface area contributed by atoms with E-state index in [-0.39, 0.29) is 11.4 Å². The quantitative estimate of drug-likeness (QED) is 0.373. The average molecular weight is 521 g/mol. The monoisotopic (exact) mass is 520 g/mol. The largest absolute Gasteiger partial charge is 0.369 e. The van der Waals surface area contributed by atoms with E-state index in [4.69, 9.17) is 9.97 Å². The van der Waals surface area contributed by atoms with Gasteiger partial charge in [-0.05, 0) is 67.7 Å². The van der Waals surface area contributed by atoms with Crippen LogP contribution in [0.15, 0.2) is 83.8 Å². The molecule has 1 fully saturated rings. The van der Waals surface area contributed by atoms with Gasteiger partial charge in [0.1, 0.15) is 11.2 Å². The fourth-order valence-electron chi connectivity index (χ4n) is 5.11. The van der Waals surface area contributed by atoms with Crippen LogP contribution in [0.2, 0.25) is 0 Å². The van der Waals surface area contributed by atoms with Crippen molar-refractivity contribution in [3.05, 3.63) is 95.2 Å². The maximum atomic E-state index is 13.7. The third-order valence-corrected chi connectivity index (χ3v) is 7.23. The van der Waals surface area contributed by atoms with Gasteiger partial charge in [0.2, 0.25) is 11.7 Å². The van der Waals surface area contributed by atoms with Crippen LogP contribution in [-0.4, -0.2) is 62.0 Å². The second-order valence-electron chi connectivity index (χ2n) is 9.75. The molecule has 0 unspecified atom stereocenters. The summed E-state index contributed by atoms with van der Waals surface area (Å²) in [6.07, 6.45) is 1.53. The van der Waals surface area contributed by atoms with Gasteiger partial charge in [0.05, 0.1) is 16.7 Å². The molecule has 1 saturated heterocycles. The fraction of sp³-hybridized carbons (Fsp3) is 0.172. The van der Waals surface area contributed by atoms with E-state index in [0.29, 0.717) is 34.0 Å². The van der Waals surface area contributed by atoms with Crippen molar-refractivity contribution in [1.82, 2.24) is 28.8 Å². The van der Waals surface area contributed by atoms with E-state index < -0.39 is 0 Å². The Balaban J connectivity index is 1.32. The maximum Gasteiger partial charge on any atom is 0.270 e. The van der Waals surface area contributed by atoms with Gasteiger partial charge in [-0.15, -0.1) is 0 Å². The van der Waals surface area contributed by atoms with Crippen LogP contribution >= 0.6 is 0 Å². The number of nitrogens with zero attached hydrogens (tertiary/aromatic N) is 7. The number of anilines is 3. The van der Waals surface area contributed by atoms with Crippen molar-refractivity contribution in [3.63, 3.8) is 0 Å². The van der Waals surface area contributed by atoms with Gasteiger partial charge >= 0.3 is 0 Å². The zero-order chi connectivity index (χ0) is 26.5. The van der Waals surface area contributed by atoms with E-state index in [9.17, 15) is 9.18 Å². The Morgan fingerprint density at radius 3 is 2.33 bits per heavy atom. The lowest BCUT2D eigenvalue weighted by Crippen LogP contribution is -2.44. The third kappa shape index (κ3) is 4.05. The second kappa shape index (κ2) is 9.17. The molecule has 0 aliphatic carbocycles. The SMILES string of the molecule is CN1CCN(c2ccc(Nc3ncc4c(=O)n(-c5ccc(F)cc5)c5nc6ccccc6n5c4n3)cc2)CC1. The molecule has 3 aromatic carbocycles. The van der Waals surface area contributed by atoms with Crippen LogP contribution in [0.25, 0.3) is 33.5 Å². The van der Waals surface area contributed by atoms with Gasteiger partial charge in [-0.2, -0.15) is 4.98 Å². The highest BCUT2D eigenvalue weighted by Crippen LogP contribution is 2.25. The van der Waals surface area contributed by atoms with Crippen molar-refractivity contribution in [3.8, 4) is 5.69 Å². The van der Waals surface area contributed by atoms with Crippen LogP contribution in [0, 0.1) is 5.82 Å². The minimum atomic E-state index is -0.382. The summed E-state index contributed by atoms with van der Waals surface area (Å²) in [5.41, 5.74) is 4.16. The average Bonchev–Trinajstić information content (AvgIpc) is 3.34. The highest BCUT2D eigenvalue weighted by molar-refractivity contribution is 5.88. The van der Waals surface area contributed by atoms with Crippen LogP contribution < -0.4 is 15.8 Å². The Morgan fingerprint density at radius 1 is 0.846 bits per heavy atom. The van der Waals surface area contributed by atoms with Crippen molar-refractivity contribution < 1.29 is 4.39 Å². The number of rotatable bonds is 4. The molecule has 1 N–H and O–H groups in total. The van der Waals surface area contributed by atoms with E-state index in [1.54, 1.807) is 12.1 Å². The number of hydrogen-bond donors (Lipinski definition) is 1. The molecule has 0 bridgehead atoms. The number of halogens is 1. The fourth-order valence-corrected chi connectivity index (χ4v) is 5.11. The van der Waals surface area contributed by atoms with Gasteiger partial charge in [-0.1, -0.05) is 12.1 Å². The van der Waals surface area contributed by atoms with Crippen molar-refractivity contribution in [2.75, 3.05) is 43.4 Å². The first-order valence-corrected chi connectivity index (χ1v) is 12.8. The zero-order valence-corrected chi connectivity index (χ0v) is 21.3. The molecular formula is C29H25FN8O. The summed E-state index contributed by atoms with van der Waals surface area (Å²) in [6, 6.07) is 21.6. The Kier molecular flexibility index (Phi) is 5.48. The van der Waals surface area contributed by atoms with Crippen LogP contribution in [0.3, 0.4) is 0 Å². The first kappa shape index (κ1) is 23.3. The number of nitrogens with one attached hydrogen (secondary N) is 1. The van der Waals surface area contributed by atoms with Gasteiger partial charge in [-0.25, -0.2) is 18.9 Å². The Hall–Kier alpha value is -4.83. The zero-order valence-electron chi connectivity index (χ0n) is 21.3. The van der Waals surface area contributed by atoms with Gasteiger partial charge < -0.3 is 15.1 Å². The van der Waals surface area contributed by atoms with Gasteiger partial charge in [-0.3, -0.25) is 9.20 Å². The van der Waals surface area contributed by atoms with Crippen LogP contribution in [0.4, 0.5) is 21.7 Å². The number of aromatic nitrogens is 5. The molecule has 1 aliphatic heterocycles. The third-order valence-electron chi connectivity index (χ3n) is 7.23. The number of fused-ring (bicyclic) bond motifs is 5. The number of hydrogen-bond acceptors (Lipinski definition) is 7. The molecule has 9 nitrogen and oxygen atoms in total. The molecule has 0 radical (unpaired) electrons. The van der Waals surface area contributed by atoms with Crippen molar-refractivity contribution >= 4 is 45.2 Å². The molecule has 0 spiro atoms. The number of para-hydroxylation sites is 2. The van der Waals surface area contributed by atoms with Crippen LogP contribution in [0.5, 0.6) is 0 Å². The molecule has 3 aromatic heterocycles. The standard InChI is InChI=1S/C29H25FN8O/c1-35-14-16-36(17-15-35)21-12-8-20(9-13-21)32-28-31-18-23-26(34-28)38-25-5-3-2-4-24(25)33-29(38)37(27(23)39)22-10-6-19(30)7-11-22/h2-13,18H,14-17H2,1H3,(H,31,32,34). The molecular weight excluding hydrogens is 495 g/mol. The summed E-state index contributed by atoms with van der Waals surface area (Å²) in [7, 11) is 2.15. The first-order valence-electron chi connectivity index (χ1n) is 12.8. The predicted octanol–water partition coefficient (Wildman–Crippen LogP) is 4.22. The Bertz CT molecular complexity index is 1890. The number of benzene rings is 3. The summed E-state index contributed by atoms with van der Waals surface area (Å²) < 4.78 is 17.0. The van der Waals surface area contributed by atoms with E-state index >= 15 is 0 Å². The lowest BCUT2D eigenvalue weighted by molar-refractivity contribution is 0.313. The predicted molar refractivity (Wildman–Crippen MR) is 151 cm³/mol. The molecule has 0 saturated carbocycles. The maximum absolute atomic E-state index is 13.7. The summed E-state index contributed by atoms with van der Waals surface area (Å²) in [4.78, 5) is 32.4. The first-order chi connectivity index (χ1) is 19.0. The molecule has 10 heteroatoms. The van der Waals surface area contributed by atoms with E-state index in [2.05, 4.69) is 39.3 Å². The molecule has 6 aromatic rings. The molecule has 194 valence electrons. The van der Waals surface area contributed by atoms with Gasteiger partial charge in [0.15, 0.2) is 5.65 Å². The summed E-state index contributed by atoms with van der Waals surface area (Å²) in [6.45, 7) is 4.10. The van der Waals surface area contributed by atoms with E-state index in [0.717, 1.165) is 37.4 Å². The van der Waals surface area contributed by atoms with Crippen molar-refractivity contribution in [1.29, 1.82) is 0 Å². The highest BCUT2D eigenvalue weighted by Gasteiger charge is 2.19. The van der Waals surface area contributed by atoms with Crippen LogP contribution in [-0.2, 0) is 0 Å². The minimum absolute atomic E-state index is 0.325. The van der Waals surface area contributed by atoms with Crippen LogP contribution in [0.1, 0.15) is 0 Å². The van der Waals surface area contributed by atoms with Gasteiger partial charge in [0, 0.05) is 43.8 Å².